The molecule has 0 unspecified atom stereocenters. The number of carbonyl (C=O) groups is 1. The summed E-state index contributed by atoms with van der Waals surface area (Å²) in [5, 5.41) is 11.9. The minimum absolute atomic E-state index is 0.122. The van der Waals surface area contributed by atoms with Crippen LogP contribution in [0, 0.1) is 0 Å². The number of aromatic nitrogens is 4. The van der Waals surface area contributed by atoms with Crippen molar-refractivity contribution in [3.8, 4) is 5.69 Å². The summed E-state index contributed by atoms with van der Waals surface area (Å²) in [5.41, 5.74) is 2.88. The van der Waals surface area contributed by atoms with E-state index in [4.69, 9.17) is 4.74 Å². The molecule has 1 saturated heterocycles. The topological polar surface area (TPSA) is 94.3 Å². The second-order valence-corrected chi connectivity index (χ2v) is 7.93. The number of carbonyl (C=O) groups excluding carboxylic acids is 1. The number of esters is 1. The third-order valence-electron chi connectivity index (χ3n) is 5.43. The molecule has 1 N–H and O–H groups in total. The number of nitrogens with one attached hydrogen (secondary N) is 1. The number of hydrogen-bond donors (Lipinski definition) is 1. The van der Waals surface area contributed by atoms with Crippen LogP contribution < -0.4 is 10.7 Å². The Balaban J connectivity index is 1.35. The summed E-state index contributed by atoms with van der Waals surface area (Å²) in [6.07, 6.45) is 5.74. The Bertz CT molecular complexity index is 1120. The summed E-state index contributed by atoms with van der Waals surface area (Å²) in [7, 11) is 1.83. The Morgan fingerprint density at radius 2 is 2.00 bits per heavy atom. The van der Waals surface area contributed by atoms with Crippen molar-refractivity contribution in [3.63, 3.8) is 0 Å². The largest absolute Gasteiger partial charge is 0.464 e. The van der Waals surface area contributed by atoms with Crippen LogP contribution in [0.4, 0.5) is 0 Å². The van der Waals surface area contributed by atoms with E-state index in [1.54, 1.807) is 21.8 Å². The molecule has 9 nitrogen and oxygen atoms in total. The van der Waals surface area contributed by atoms with E-state index in [0.717, 1.165) is 49.5 Å². The summed E-state index contributed by atoms with van der Waals surface area (Å²) in [6, 6.07) is 9.16. The van der Waals surface area contributed by atoms with Crippen LogP contribution in [0.1, 0.15) is 16.8 Å². The van der Waals surface area contributed by atoms with Gasteiger partial charge in [-0.05, 0) is 11.1 Å². The van der Waals surface area contributed by atoms with Crippen LogP contribution in [0.3, 0.4) is 0 Å². The van der Waals surface area contributed by atoms with Crippen LogP contribution in [0.15, 0.2) is 53.7 Å². The third-order valence-corrected chi connectivity index (χ3v) is 5.43. The molecule has 3 aromatic rings. The van der Waals surface area contributed by atoms with Crippen molar-refractivity contribution in [2.45, 2.75) is 12.8 Å². The molecule has 1 fully saturated rings. The van der Waals surface area contributed by atoms with Crippen LogP contribution in [0.5, 0.6) is 0 Å². The molecule has 9 heteroatoms. The molecule has 1 aliphatic heterocycles. The molecular weight excluding hydrogens is 408 g/mol. The summed E-state index contributed by atoms with van der Waals surface area (Å²) in [4.78, 5) is 26.9. The van der Waals surface area contributed by atoms with Crippen LogP contribution in [0.25, 0.3) is 5.69 Å². The zero-order chi connectivity index (χ0) is 22.3. The lowest BCUT2D eigenvalue weighted by molar-refractivity contribution is -0.143. The molecule has 0 saturated carbocycles. The van der Waals surface area contributed by atoms with Gasteiger partial charge in [-0.15, -0.1) is 0 Å². The highest BCUT2D eigenvalue weighted by atomic mass is 16.5. The maximum atomic E-state index is 12.3. The summed E-state index contributed by atoms with van der Waals surface area (Å²) >= 11 is 0. The van der Waals surface area contributed by atoms with Crippen molar-refractivity contribution in [2.75, 3.05) is 39.3 Å². The van der Waals surface area contributed by atoms with Crippen molar-refractivity contribution >= 4 is 5.97 Å². The van der Waals surface area contributed by atoms with Crippen LogP contribution >= 0.6 is 0 Å². The molecule has 1 aromatic carbocycles. The Kier molecular flexibility index (Phi) is 7.08. The predicted molar refractivity (Wildman–Crippen MR) is 120 cm³/mol. The van der Waals surface area contributed by atoms with E-state index in [-0.39, 0.29) is 17.8 Å². The quantitative estimate of drug-likeness (QED) is 0.515. The fourth-order valence-corrected chi connectivity index (χ4v) is 3.72. The molecule has 168 valence electrons. The zero-order valence-corrected chi connectivity index (χ0v) is 18.2. The van der Waals surface area contributed by atoms with Crippen molar-refractivity contribution in [3.05, 3.63) is 76.0 Å². The Labute approximate surface area is 186 Å². The first-order chi connectivity index (χ1) is 15.6. The van der Waals surface area contributed by atoms with Gasteiger partial charge >= 0.3 is 5.97 Å². The number of rotatable bonds is 8. The minimum atomic E-state index is -0.242. The summed E-state index contributed by atoms with van der Waals surface area (Å²) in [6.45, 7) is 5.08. The number of benzene rings is 1. The van der Waals surface area contributed by atoms with Crippen molar-refractivity contribution in [2.24, 2.45) is 7.05 Å². The van der Waals surface area contributed by atoms with Gasteiger partial charge in [0.25, 0.3) is 0 Å². The van der Waals surface area contributed by atoms with Gasteiger partial charge in [0, 0.05) is 58.5 Å². The molecular formula is C23H28N6O3. The number of piperazine rings is 1. The average molecular weight is 437 g/mol. The molecule has 32 heavy (non-hydrogen) atoms. The average Bonchev–Trinajstić information content (AvgIpc) is 3.22. The van der Waals surface area contributed by atoms with Gasteiger partial charge in [0.05, 0.1) is 18.8 Å². The molecule has 2 aromatic heterocycles. The Morgan fingerprint density at radius 3 is 2.78 bits per heavy atom. The van der Waals surface area contributed by atoms with E-state index in [0.29, 0.717) is 18.7 Å². The molecule has 0 atom stereocenters. The molecule has 0 amide bonds. The fraction of sp³-hybridized carbons (Fsp3) is 0.391. The number of hydrogen-bond acceptors (Lipinski definition) is 7. The van der Waals surface area contributed by atoms with Gasteiger partial charge in [0.2, 0.25) is 5.43 Å². The monoisotopic (exact) mass is 436 g/mol. The van der Waals surface area contributed by atoms with Crippen LogP contribution in [-0.4, -0.2) is 69.8 Å². The SMILES string of the molecule is Cn1cc(-n2ccc(=O)c(Cc3cccc(CC(=O)OCCN4CCNCC4)c3)n2)cn1. The number of nitrogens with zero attached hydrogens (tertiary/aromatic N) is 5. The van der Waals surface area contributed by atoms with E-state index in [1.165, 1.54) is 6.07 Å². The standard InChI is InChI=1S/C23H28N6O3/c1-27-17-20(16-25-27)29-8-5-22(30)21(26-29)14-18-3-2-4-19(13-18)15-23(31)32-12-11-28-9-6-24-7-10-28/h2-5,8,13,16-17,24H,6-7,9-12,14-15H2,1H3. The van der Waals surface area contributed by atoms with E-state index in [1.807, 2.05) is 37.5 Å². The highest BCUT2D eigenvalue weighted by Gasteiger charge is 2.12. The van der Waals surface area contributed by atoms with Crippen molar-refractivity contribution < 1.29 is 9.53 Å². The smallest absolute Gasteiger partial charge is 0.310 e. The van der Waals surface area contributed by atoms with Gasteiger partial charge in [-0.1, -0.05) is 24.3 Å². The highest BCUT2D eigenvalue weighted by Crippen LogP contribution is 2.11. The molecule has 4 rings (SSSR count). The normalized spacial score (nSPS) is 14.4. The van der Waals surface area contributed by atoms with Crippen LogP contribution in [0.2, 0.25) is 0 Å². The lowest BCUT2D eigenvalue weighted by Gasteiger charge is -2.26. The fourth-order valence-electron chi connectivity index (χ4n) is 3.72. The van der Waals surface area contributed by atoms with E-state index in [2.05, 4.69) is 20.4 Å². The van der Waals surface area contributed by atoms with Gasteiger partial charge in [-0.25, -0.2) is 4.68 Å². The maximum Gasteiger partial charge on any atom is 0.310 e. The highest BCUT2D eigenvalue weighted by molar-refractivity contribution is 5.72. The molecule has 0 radical (unpaired) electrons. The molecule has 3 heterocycles. The van der Waals surface area contributed by atoms with Crippen molar-refractivity contribution in [1.29, 1.82) is 0 Å². The van der Waals surface area contributed by atoms with Crippen LogP contribution in [-0.2, 0) is 29.4 Å². The number of aryl methyl sites for hydroxylation is 1. The van der Waals surface area contributed by atoms with Crippen molar-refractivity contribution in [1.82, 2.24) is 29.8 Å². The number of ether oxygens (including phenoxy) is 1. The zero-order valence-electron chi connectivity index (χ0n) is 18.2. The first-order valence-corrected chi connectivity index (χ1v) is 10.8. The third kappa shape index (κ3) is 5.89. The molecule has 0 spiro atoms. The van der Waals surface area contributed by atoms with Gasteiger partial charge in [0.1, 0.15) is 18.0 Å². The maximum absolute atomic E-state index is 12.3. The molecule has 0 bridgehead atoms. The second kappa shape index (κ2) is 10.3. The van der Waals surface area contributed by atoms with Gasteiger partial charge in [-0.2, -0.15) is 10.2 Å². The van der Waals surface area contributed by atoms with E-state index >= 15 is 0 Å². The lowest BCUT2D eigenvalue weighted by atomic mass is 10.0. The first-order valence-electron chi connectivity index (χ1n) is 10.8. The lowest BCUT2D eigenvalue weighted by Crippen LogP contribution is -2.44. The van der Waals surface area contributed by atoms with E-state index in [9.17, 15) is 9.59 Å². The van der Waals surface area contributed by atoms with E-state index < -0.39 is 0 Å². The second-order valence-electron chi connectivity index (χ2n) is 7.93. The van der Waals surface area contributed by atoms with Gasteiger partial charge in [-0.3, -0.25) is 19.2 Å². The molecule has 1 aliphatic rings. The molecule has 0 aliphatic carbocycles. The predicted octanol–water partition coefficient (Wildman–Crippen LogP) is 0.548. The summed E-state index contributed by atoms with van der Waals surface area (Å²) < 4.78 is 8.74. The Hall–Kier alpha value is -3.30. The minimum Gasteiger partial charge on any atom is -0.464 e. The Morgan fingerprint density at radius 1 is 1.19 bits per heavy atom. The first kappa shape index (κ1) is 21.9. The summed E-state index contributed by atoms with van der Waals surface area (Å²) in [5.74, 6) is -0.242. The van der Waals surface area contributed by atoms with Gasteiger partial charge < -0.3 is 10.1 Å². The van der Waals surface area contributed by atoms with Gasteiger partial charge in [0.15, 0.2) is 0 Å².